The first-order valence-corrected chi connectivity index (χ1v) is 11.6. The highest BCUT2D eigenvalue weighted by Crippen LogP contribution is 2.31. The van der Waals surface area contributed by atoms with Gasteiger partial charge in [0.15, 0.2) is 10.9 Å². The van der Waals surface area contributed by atoms with Gasteiger partial charge in [0.2, 0.25) is 0 Å². The average Bonchev–Trinajstić information content (AvgIpc) is 3.52. The Hall–Kier alpha value is -4.41. The van der Waals surface area contributed by atoms with Gasteiger partial charge in [0.05, 0.1) is 15.1 Å². The van der Waals surface area contributed by atoms with Crippen LogP contribution in [0.4, 0.5) is 11.4 Å². The standard InChI is InChI=1S/C25H16N4O4S2/c30-23(21-12-11-20(33-21)15-5-4-8-18(14-15)29(31)32)28-25(34)26-17-7-3-6-16(13-17)24-27-19-9-1-2-10-22(19)35-24/h1-14H,(H2,26,28,30,34). The summed E-state index contributed by atoms with van der Waals surface area (Å²) in [5, 5.41) is 17.6. The number of hydrogen-bond donors (Lipinski definition) is 2. The minimum absolute atomic E-state index is 0.0267. The maximum Gasteiger partial charge on any atom is 0.293 e. The van der Waals surface area contributed by atoms with Crippen LogP contribution in [-0.2, 0) is 0 Å². The van der Waals surface area contributed by atoms with Crippen LogP contribution in [0.25, 0.3) is 32.1 Å². The van der Waals surface area contributed by atoms with Crippen LogP contribution >= 0.6 is 23.6 Å². The number of nitrogens with one attached hydrogen (secondary N) is 2. The topological polar surface area (TPSA) is 110 Å². The van der Waals surface area contributed by atoms with Gasteiger partial charge in [-0.1, -0.05) is 36.4 Å². The average molecular weight is 501 g/mol. The zero-order valence-corrected chi connectivity index (χ0v) is 19.6. The van der Waals surface area contributed by atoms with E-state index >= 15 is 0 Å². The summed E-state index contributed by atoms with van der Waals surface area (Å²) < 4.78 is 6.70. The van der Waals surface area contributed by atoms with Crippen molar-refractivity contribution in [1.82, 2.24) is 10.3 Å². The third-order valence-electron chi connectivity index (χ3n) is 5.06. The highest BCUT2D eigenvalue weighted by molar-refractivity contribution is 7.80. The predicted molar refractivity (Wildman–Crippen MR) is 140 cm³/mol. The van der Waals surface area contributed by atoms with E-state index in [4.69, 9.17) is 16.6 Å². The maximum absolute atomic E-state index is 12.6. The van der Waals surface area contributed by atoms with E-state index in [1.807, 2.05) is 48.5 Å². The summed E-state index contributed by atoms with van der Waals surface area (Å²) in [7, 11) is 0. The van der Waals surface area contributed by atoms with Crippen LogP contribution in [0.2, 0.25) is 0 Å². The molecule has 0 saturated heterocycles. The molecule has 10 heteroatoms. The van der Waals surface area contributed by atoms with E-state index in [1.165, 1.54) is 18.2 Å². The van der Waals surface area contributed by atoms with Crippen LogP contribution in [0.5, 0.6) is 0 Å². The van der Waals surface area contributed by atoms with Gasteiger partial charge in [-0.05, 0) is 48.6 Å². The number of benzene rings is 3. The molecule has 35 heavy (non-hydrogen) atoms. The van der Waals surface area contributed by atoms with Crippen molar-refractivity contribution in [2.24, 2.45) is 0 Å². The van der Waals surface area contributed by atoms with E-state index < -0.39 is 10.8 Å². The first-order chi connectivity index (χ1) is 17.0. The summed E-state index contributed by atoms with van der Waals surface area (Å²) in [5.74, 6) is -0.179. The van der Waals surface area contributed by atoms with Gasteiger partial charge in [-0.15, -0.1) is 11.3 Å². The summed E-state index contributed by atoms with van der Waals surface area (Å²) in [6.45, 7) is 0. The Morgan fingerprint density at radius 3 is 2.60 bits per heavy atom. The lowest BCUT2D eigenvalue weighted by Crippen LogP contribution is -2.33. The van der Waals surface area contributed by atoms with Crippen molar-refractivity contribution in [3.8, 4) is 21.9 Å². The van der Waals surface area contributed by atoms with Crippen LogP contribution < -0.4 is 10.6 Å². The van der Waals surface area contributed by atoms with Gasteiger partial charge in [-0.25, -0.2) is 4.98 Å². The van der Waals surface area contributed by atoms with Gasteiger partial charge in [0, 0.05) is 28.9 Å². The minimum Gasteiger partial charge on any atom is -0.451 e. The second kappa shape index (κ2) is 9.45. The molecular weight excluding hydrogens is 484 g/mol. The molecule has 0 unspecified atom stereocenters. The van der Waals surface area contributed by atoms with E-state index in [2.05, 4.69) is 15.6 Å². The fraction of sp³-hybridized carbons (Fsp3) is 0. The van der Waals surface area contributed by atoms with E-state index in [-0.39, 0.29) is 16.6 Å². The van der Waals surface area contributed by atoms with Crippen molar-refractivity contribution in [3.05, 3.63) is 101 Å². The number of furan rings is 1. The second-order valence-electron chi connectivity index (χ2n) is 7.45. The number of anilines is 1. The number of carbonyl (C=O) groups is 1. The number of thiocarbonyl (C=S) groups is 1. The molecule has 3 aromatic carbocycles. The Labute approximate surface area is 208 Å². The number of thiazole rings is 1. The molecule has 5 aromatic rings. The summed E-state index contributed by atoms with van der Waals surface area (Å²) in [6, 6.07) is 24.6. The summed E-state index contributed by atoms with van der Waals surface area (Å²) in [4.78, 5) is 27.8. The number of non-ortho nitro benzene ring substituents is 1. The molecule has 0 bridgehead atoms. The highest BCUT2D eigenvalue weighted by atomic mass is 32.1. The number of nitro benzene ring substituents is 1. The van der Waals surface area contributed by atoms with Gasteiger partial charge < -0.3 is 9.73 Å². The van der Waals surface area contributed by atoms with Crippen molar-refractivity contribution in [2.75, 3.05) is 5.32 Å². The molecular formula is C25H16N4O4S2. The molecule has 2 N–H and O–H groups in total. The van der Waals surface area contributed by atoms with E-state index in [9.17, 15) is 14.9 Å². The van der Waals surface area contributed by atoms with Crippen molar-refractivity contribution in [2.45, 2.75) is 0 Å². The van der Waals surface area contributed by atoms with Crippen molar-refractivity contribution in [1.29, 1.82) is 0 Å². The third kappa shape index (κ3) is 4.93. The lowest BCUT2D eigenvalue weighted by molar-refractivity contribution is -0.384. The quantitative estimate of drug-likeness (QED) is 0.166. The second-order valence-corrected chi connectivity index (χ2v) is 8.89. The molecule has 172 valence electrons. The molecule has 0 spiro atoms. The van der Waals surface area contributed by atoms with Crippen molar-refractivity contribution >= 4 is 56.2 Å². The molecule has 0 atom stereocenters. The summed E-state index contributed by atoms with van der Waals surface area (Å²) in [5.41, 5.74) is 2.99. The van der Waals surface area contributed by atoms with Crippen LogP contribution in [0.1, 0.15) is 10.6 Å². The van der Waals surface area contributed by atoms with Crippen LogP contribution in [0, 0.1) is 10.1 Å². The largest absolute Gasteiger partial charge is 0.451 e. The highest BCUT2D eigenvalue weighted by Gasteiger charge is 2.16. The van der Waals surface area contributed by atoms with Crippen LogP contribution in [-0.4, -0.2) is 20.9 Å². The monoisotopic (exact) mass is 500 g/mol. The SMILES string of the molecule is O=C(NC(=S)Nc1cccc(-c2nc3ccccc3s2)c1)c1ccc(-c2cccc([N+](=O)[O-])c2)o1. The fourth-order valence-electron chi connectivity index (χ4n) is 3.44. The number of para-hydroxylation sites is 1. The van der Waals surface area contributed by atoms with Crippen molar-refractivity contribution < 1.29 is 14.1 Å². The fourth-order valence-corrected chi connectivity index (χ4v) is 4.61. The molecule has 0 radical (unpaired) electrons. The van der Waals surface area contributed by atoms with Crippen LogP contribution in [0.15, 0.2) is 89.3 Å². The molecule has 2 heterocycles. The van der Waals surface area contributed by atoms with Crippen LogP contribution in [0.3, 0.4) is 0 Å². The molecule has 0 fully saturated rings. The van der Waals surface area contributed by atoms with E-state index in [0.717, 1.165) is 20.8 Å². The van der Waals surface area contributed by atoms with Gasteiger partial charge >= 0.3 is 0 Å². The number of rotatable bonds is 5. The smallest absolute Gasteiger partial charge is 0.293 e. The minimum atomic E-state index is -0.540. The van der Waals surface area contributed by atoms with Gasteiger partial charge in [-0.2, -0.15) is 0 Å². The molecule has 1 amide bonds. The van der Waals surface area contributed by atoms with Crippen molar-refractivity contribution in [3.63, 3.8) is 0 Å². The molecule has 2 aromatic heterocycles. The van der Waals surface area contributed by atoms with Gasteiger partial charge in [-0.3, -0.25) is 20.2 Å². The Morgan fingerprint density at radius 1 is 0.971 bits per heavy atom. The summed E-state index contributed by atoms with van der Waals surface area (Å²) >= 11 is 6.90. The number of nitro groups is 1. The Balaban J connectivity index is 1.26. The zero-order chi connectivity index (χ0) is 24.4. The first kappa shape index (κ1) is 22.4. The number of hydrogen-bond acceptors (Lipinski definition) is 7. The van der Waals surface area contributed by atoms with E-state index in [1.54, 1.807) is 29.5 Å². The Morgan fingerprint density at radius 2 is 1.77 bits per heavy atom. The summed E-state index contributed by atoms with van der Waals surface area (Å²) in [6.07, 6.45) is 0. The lowest BCUT2D eigenvalue weighted by atomic mass is 10.1. The Kier molecular flexibility index (Phi) is 6.04. The normalized spacial score (nSPS) is 10.7. The lowest BCUT2D eigenvalue weighted by Gasteiger charge is -2.09. The van der Waals surface area contributed by atoms with Gasteiger partial charge in [0.1, 0.15) is 10.8 Å². The molecule has 8 nitrogen and oxygen atoms in total. The first-order valence-electron chi connectivity index (χ1n) is 10.4. The third-order valence-corrected chi connectivity index (χ3v) is 6.35. The number of nitrogens with zero attached hydrogens (tertiary/aromatic N) is 2. The van der Waals surface area contributed by atoms with Gasteiger partial charge in [0.25, 0.3) is 11.6 Å². The number of aromatic nitrogens is 1. The number of carbonyl (C=O) groups excluding carboxylic acids is 1. The Bertz CT molecular complexity index is 1560. The zero-order valence-electron chi connectivity index (χ0n) is 17.9. The maximum atomic E-state index is 12.6. The number of amides is 1. The molecule has 5 rings (SSSR count). The molecule has 0 aliphatic heterocycles. The number of fused-ring (bicyclic) bond motifs is 1. The predicted octanol–water partition coefficient (Wildman–Crippen LogP) is 6.26. The molecule has 0 aliphatic carbocycles. The molecule has 0 saturated carbocycles. The molecule has 0 aliphatic rings. The van der Waals surface area contributed by atoms with E-state index in [0.29, 0.717) is 17.0 Å².